The van der Waals surface area contributed by atoms with Crippen molar-refractivity contribution in [2.75, 3.05) is 18.4 Å². The molecule has 1 N–H and O–H groups in total. The van der Waals surface area contributed by atoms with Crippen LogP contribution in [0.1, 0.15) is 18.4 Å². The van der Waals surface area contributed by atoms with E-state index in [4.69, 9.17) is 23.2 Å². The molecule has 1 amide bonds. The highest BCUT2D eigenvalue weighted by atomic mass is 79.9. The van der Waals surface area contributed by atoms with Gasteiger partial charge in [-0.25, -0.2) is 0 Å². The molecule has 132 valence electrons. The number of benzene rings is 2. The molecule has 3 nitrogen and oxygen atoms in total. The molecule has 1 aliphatic rings. The maximum Gasteiger partial charge on any atom is 0.227 e. The zero-order valence-corrected chi connectivity index (χ0v) is 16.7. The number of carbonyl (C=O) groups excluding carboxylic acids is 1. The summed E-state index contributed by atoms with van der Waals surface area (Å²) >= 11 is 15.4. The van der Waals surface area contributed by atoms with Crippen LogP contribution < -0.4 is 5.32 Å². The number of nitrogens with one attached hydrogen (secondary N) is 1. The van der Waals surface area contributed by atoms with Crippen LogP contribution in [0.15, 0.2) is 46.9 Å². The lowest BCUT2D eigenvalue weighted by molar-refractivity contribution is -0.121. The summed E-state index contributed by atoms with van der Waals surface area (Å²) in [7, 11) is 0. The predicted octanol–water partition coefficient (Wildman–Crippen LogP) is 5.61. The first kappa shape index (κ1) is 18.7. The molecule has 3 rings (SSSR count). The van der Waals surface area contributed by atoms with Gasteiger partial charge in [0.15, 0.2) is 0 Å². The van der Waals surface area contributed by atoms with E-state index in [1.807, 2.05) is 42.5 Å². The minimum absolute atomic E-state index is 0.0636. The minimum Gasteiger partial charge on any atom is -0.326 e. The van der Waals surface area contributed by atoms with E-state index in [9.17, 15) is 4.79 Å². The SMILES string of the molecule is O=C(Nc1ccc(Br)cc1)C1CCN(Cc2ccc(Cl)c(Cl)c2)CC1. The zero-order valence-electron chi connectivity index (χ0n) is 13.6. The fourth-order valence-corrected chi connectivity index (χ4v) is 3.61. The third-order valence-corrected chi connectivity index (χ3v) is 5.73. The molecular weight excluding hydrogens is 423 g/mol. The Morgan fingerprint density at radius 1 is 1.08 bits per heavy atom. The number of rotatable bonds is 4. The number of hydrogen-bond donors (Lipinski definition) is 1. The van der Waals surface area contributed by atoms with Crippen molar-refractivity contribution in [3.8, 4) is 0 Å². The van der Waals surface area contributed by atoms with Gasteiger partial charge in [-0.15, -0.1) is 0 Å². The Bertz CT molecular complexity index is 744. The first-order chi connectivity index (χ1) is 12.0. The molecule has 0 atom stereocenters. The van der Waals surface area contributed by atoms with E-state index in [1.54, 1.807) is 0 Å². The van der Waals surface area contributed by atoms with Crippen molar-refractivity contribution in [3.05, 3.63) is 62.5 Å². The third kappa shape index (κ3) is 5.20. The molecule has 0 radical (unpaired) electrons. The standard InChI is InChI=1S/C19H19BrCl2N2O/c20-15-2-4-16(5-3-15)23-19(25)14-7-9-24(10-8-14)12-13-1-6-17(21)18(22)11-13/h1-6,11,14H,7-10,12H2,(H,23,25). The number of likely N-dealkylation sites (tertiary alicyclic amines) is 1. The monoisotopic (exact) mass is 440 g/mol. The van der Waals surface area contributed by atoms with Crippen LogP contribution >= 0.6 is 39.1 Å². The lowest BCUT2D eigenvalue weighted by Crippen LogP contribution is -2.37. The van der Waals surface area contributed by atoms with Crippen LogP contribution in [0, 0.1) is 5.92 Å². The number of halogens is 3. The summed E-state index contributed by atoms with van der Waals surface area (Å²) in [5.74, 6) is 0.171. The number of amides is 1. The molecular formula is C19H19BrCl2N2O. The van der Waals surface area contributed by atoms with Crippen molar-refractivity contribution in [3.63, 3.8) is 0 Å². The van der Waals surface area contributed by atoms with Gasteiger partial charge in [-0.2, -0.15) is 0 Å². The van der Waals surface area contributed by atoms with Crippen LogP contribution in [0.2, 0.25) is 10.0 Å². The van der Waals surface area contributed by atoms with Crippen molar-refractivity contribution in [1.82, 2.24) is 4.90 Å². The maximum atomic E-state index is 12.4. The quantitative estimate of drug-likeness (QED) is 0.668. The number of anilines is 1. The summed E-state index contributed by atoms with van der Waals surface area (Å²) in [5.41, 5.74) is 1.98. The Morgan fingerprint density at radius 3 is 2.40 bits per heavy atom. The topological polar surface area (TPSA) is 32.3 Å². The molecule has 2 aromatic rings. The Hall–Kier alpha value is -1.07. The average Bonchev–Trinajstić information content (AvgIpc) is 2.61. The van der Waals surface area contributed by atoms with Gasteiger partial charge in [0.25, 0.3) is 0 Å². The molecule has 6 heteroatoms. The average molecular weight is 442 g/mol. The van der Waals surface area contributed by atoms with Gasteiger partial charge in [0.05, 0.1) is 10.0 Å². The van der Waals surface area contributed by atoms with Gasteiger partial charge >= 0.3 is 0 Å². The van der Waals surface area contributed by atoms with Crippen molar-refractivity contribution in [2.24, 2.45) is 5.92 Å². The Balaban J connectivity index is 1.50. The molecule has 0 spiro atoms. The van der Waals surface area contributed by atoms with Gasteiger partial charge in [0, 0.05) is 22.6 Å². The summed E-state index contributed by atoms with van der Waals surface area (Å²) in [5, 5.41) is 4.17. The number of carbonyl (C=O) groups is 1. The summed E-state index contributed by atoms with van der Waals surface area (Å²) in [6.07, 6.45) is 1.73. The van der Waals surface area contributed by atoms with Gasteiger partial charge < -0.3 is 5.32 Å². The molecule has 0 aromatic heterocycles. The Kier molecular flexibility index (Phi) is 6.39. The molecule has 1 aliphatic heterocycles. The molecule has 0 bridgehead atoms. The lowest BCUT2D eigenvalue weighted by atomic mass is 9.95. The van der Waals surface area contributed by atoms with Crippen LogP contribution in [0.3, 0.4) is 0 Å². The van der Waals surface area contributed by atoms with Crippen molar-refractivity contribution in [1.29, 1.82) is 0 Å². The number of piperidine rings is 1. The molecule has 1 heterocycles. The fourth-order valence-electron chi connectivity index (χ4n) is 3.03. The van der Waals surface area contributed by atoms with E-state index in [0.29, 0.717) is 10.0 Å². The summed E-state index contributed by atoms with van der Waals surface area (Å²) in [6, 6.07) is 13.4. The molecule has 1 saturated heterocycles. The second-order valence-corrected chi connectivity index (χ2v) is 8.03. The lowest BCUT2D eigenvalue weighted by Gasteiger charge is -2.31. The molecule has 1 fully saturated rings. The Labute approximate surface area is 166 Å². The van der Waals surface area contributed by atoms with E-state index < -0.39 is 0 Å². The maximum absolute atomic E-state index is 12.4. The first-order valence-electron chi connectivity index (χ1n) is 8.24. The predicted molar refractivity (Wildman–Crippen MR) is 107 cm³/mol. The number of hydrogen-bond acceptors (Lipinski definition) is 2. The van der Waals surface area contributed by atoms with Gasteiger partial charge in [-0.3, -0.25) is 9.69 Å². The van der Waals surface area contributed by atoms with Crippen LogP contribution in [0.25, 0.3) is 0 Å². The highest BCUT2D eigenvalue weighted by Gasteiger charge is 2.25. The fraction of sp³-hybridized carbons (Fsp3) is 0.316. The Morgan fingerprint density at radius 2 is 1.76 bits per heavy atom. The molecule has 0 unspecified atom stereocenters. The van der Waals surface area contributed by atoms with Crippen molar-refractivity contribution in [2.45, 2.75) is 19.4 Å². The van der Waals surface area contributed by atoms with Gasteiger partial charge in [-0.05, 0) is 67.9 Å². The van der Waals surface area contributed by atoms with Crippen molar-refractivity contribution < 1.29 is 4.79 Å². The second kappa shape index (κ2) is 8.54. The van der Waals surface area contributed by atoms with Crippen LogP contribution in [-0.2, 0) is 11.3 Å². The zero-order chi connectivity index (χ0) is 17.8. The van der Waals surface area contributed by atoms with Gasteiger partial charge in [0.2, 0.25) is 5.91 Å². The van der Waals surface area contributed by atoms with Crippen LogP contribution in [0.4, 0.5) is 5.69 Å². The molecule has 2 aromatic carbocycles. The number of nitrogens with zero attached hydrogens (tertiary/aromatic N) is 1. The van der Waals surface area contributed by atoms with E-state index in [2.05, 4.69) is 26.1 Å². The minimum atomic E-state index is 0.0636. The molecule has 0 saturated carbocycles. The van der Waals surface area contributed by atoms with Gasteiger partial charge in [0.1, 0.15) is 0 Å². The molecule has 0 aliphatic carbocycles. The largest absolute Gasteiger partial charge is 0.326 e. The van der Waals surface area contributed by atoms with E-state index >= 15 is 0 Å². The first-order valence-corrected chi connectivity index (χ1v) is 9.79. The smallest absolute Gasteiger partial charge is 0.227 e. The van der Waals surface area contributed by atoms with E-state index in [0.717, 1.165) is 48.2 Å². The van der Waals surface area contributed by atoms with Crippen molar-refractivity contribution >= 4 is 50.7 Å². The highest BCUT2D eigenvalue weighted by Crippen LogP contribution is 2.25. The summed E-state index contributed by atoms with van der Waals surface area (Å²) in [6.45, 7) is 2.63. The second-order valence-electron chi connectivity index (χ2n) is 6.30. The highest BCUT2D eigenvalue weighted by molar-refractivity contribution is 9.10. The summed E-state index contributed by atoms with van der Waals surface area (Å²) in [4.78, 5) is 14.8. The van der Waals surface area contributed by atoms with Crippen LogP contribution in [0.5, 0.6) is 0 Å². The molecule has 25 heavy (non-hydrogen) atoms. The normalized spacial score (nSPS) is 16.0. The summed E-state index contributed by atoms with van der Waals surface area (Å²) < 4.78 is 1.00. The van der Waals surface area contributed by atoms with Gasteiger partial charge in [-0.1, -0.05) is 45.2 Å². The van der Waals surface area contributed by atoms with E-state index in [1.165, 1.54) is 0 Å². The third-order valence-electron chi connectivity index (χ3n) is 4.46. The van der Waals surface area contributed by atoms with E-state index in [-0.39, 0.29) is 11.8 Å². The van der Waals surface area contributed by atoms with Crippen LogP contribution in [-0.4, -0.2) is 23.9 Å².